The maximum atomic E-state index is 12.6. The first-order valence-electron chi connectivity index (χ1n) is 9.40. The van der Waals surface area contributed by atoms with E-state index < -0.39 is 0 Å². The molecule has 0 atom stereocenters. The first kappa shape index (κ1) is 19.8. The van der Waals surface area contributed by atoms with Gasteiger partial charge in [-0.1, -0.05) is 0 Å². The first-order valence-corrected chi connectivity index (χ1v) is 9.40. The average molecular weight is 389 g/mol. The summed E-state index contributed by atoms with van der Waals surface area (Å²) in [6.07, 6.45) is 1.55. The number of hydrogen-bond donors (Lipinski definition) is 1. The molecule has 1 fully saturated rings. The fraction of sp³-hybridized carbons (Fsp3) is 0.526. The molecule has 1 aromatic carbocycles. The Hall–Kier alpha value is -2.97. The predicted molar refractivity (Wildman–Crippen MR) is 105 cm³/mol. The molecule has 2 amide bonds. The number of nitrogens with one attached hydrogen (secondary N) is 1. The number of benzene rings is 1. The number of aryl methyl sites for hydroxylation is 1. The van der Waals surface area contributed by atoms with Gasteiger partial charge in [0.1, 0.15) is 5.82 Å². The molecule has 9 nitrogen and oxygen atoms in total. The zero-order valence-electron chi connectivity index (χ0n) is 16.8. The van der Waals surface area contributed by atoms with Crippen molar-refractivity contribution in [3.05, 3.63) is 34.5 Å². The number of amides is 2. The highest BCUT2D eigenvalue weighted by molar-refractivity contribution is 5.89. The van der Waals surface area contributed by atoms with Crippen LogP contribution in [-0.2, 0) is 13.6 Å². The fourth-order valence-electron chi connectivity index (χ4n) is 3.58. The van der Waals surface area contributed by atoms with Crippen LogP contribution in [0.1, 0.15) is 31.5 Å². The number of rotatable bonds is 5. The minimum atomic E-state index is -0.153. The first-order chi connectivity index (χ1) is 13.5. The SMILES string of the molecule is CCn1c(C2CCN(C(=O)Nc3ccc(OC)c(OC)c3)CC2)nn(C)c1=O. The molecule has 28 heavy (non-hydrogen) atoms. The Balaban J connectivity index is 1.63. The summed E-state index contributed by atoms with van der Waals surface area (Å²) in [5.74, 6) is 2.17. The van der Waals surface area contributed by atoms with Gasteiger partial charge >= 0.3 is 11.7 Å². The fourth-order valence-corrected chi connectivity index (χ4v) is 3.58. The third-order valence-corrected chi connectivity index (χ3v) is 5.14. The Morgan fingerprint density at radius 2 is 1.89 bits per heavy atom. The van der Waals surface area contributed by atoms with Gasteiger partial charge in [0.15, 0.2) is 11.5 Å². The van der Waals surface area contributed by atoms with Crippen molar-refractivity contribution in [2.45, 2.75) is 32.2 Å². The van der Waals surface area contributed by atoms with Crippen LogP contribution < -0.4 is 20.5 Å². The third-order valence-electron chi connectivity index (χ3n) is 5.14. The summed E-state index contributed by atoms with van der Waals surface area (Å²) in [5, 5.41) is 7.30. The largest absolute Gasteiger partial charge is 0.493 e. The van der Waals surface area contributed by atoms with E-state index in [1.807, 2.05) is 6.92 Å². The molecule has 0 radical (unpaired) electrons. The van der Waals surface area contributed by atoms with E-state index in [0.717, 1.165) is 18.7 Å². The van der Waals surface area contributed by atoms with Crippen molar-refractivity contribution in [3.63, 3.8) is 0 Å². The van der Waals surface area contributed by atoms with Crippen LogP contribution in [0.3, 0.4) is 0 Å². The van der Waals surface area contributed by atoms with Crippen molar-refractivity contribution in [3.8, 4) is 11.5 Å². The summed E-state index contributed by atoms with van der Waals surface area (Å²) in [6, 6.07) is 5.11. The lowest BCUT2D eigenvalue weighted by Gasteiger charge is -2.31. The molecule has 152 valence electrons. The van der Waals surface area contributed by atoms with E-state index in [-0.39, 0.29) is 17.6 Å². The van der Waals surface area contributed by atoms with E-state index in [9.17, 15) is 9.59 Å². The molecule has 1 aliphatic rings. The number of anilines is 1. The Morgan fingerprint density at radius 3 is 2.50 bits per heavy atom. The Labute approximate surface area is 163 Å². The maximum Gasteiger partial charge on any atom is 0.345 e. The van der Waals surface area contributed by atoms with Crippen molar-refractivity contribution < 1.29 is 14.3 Å². The van der Waals surface area contributed by atoms with Crippen molar-refractivity contribution in [1.82, 2.24) is 19.2 Å². The zero-order valence-corrected chi connectivity index (χ0v) is 16.8. The average Bonchev–Trinajstić information content (AvgIpc) is 3.01. The molecule has 1 N–H and O–H groups in total. The molecule has 1 aliphatic heterocycles. The number of carbonyl (C=O) groups is 1. The van der Waals surface area contributed by atoms with Crippen LogP contribution in [-0.4, -0.2) is 52.6 Å². The Morgan fingerprint density at radius 1 is 1.21 bits per heavy atom. The highest BCUT2D eigenvalue weighted by Crippen LogP contribution is 2.30. The molecule has 1 aromatic heterocycles. The van der Waals surface area contributed by atoms with E-state index in [1.165, 1.54) is 4.68 Å². The van der Waals surface area contributed by atoms with Crippen molar-refractivity contribution >= 4 is 11.7 Å². The Kier molecular flexibility index (Phi) is 5.91. The molecular formula is C19H27N5O4. The molecule has 3 rings (SSSR count). The molecule has 0 spiro atoms. The zero-order chi connectivity index (χ0) is 20.3. The predicted octanol–water partition coefficient (Wildman–Crippen LogP) is 2.03. The summed E-state index contributed by atoms with van der Waals surface area (Å²) < 4.78 is 13.6. The van der Waals surface area contributed by atoms with Crippen LogP contribution >= 0.6 is 0 Å². The standard InChI is InChI=1S/C19H27N5O4/c1-5-24-17(21-22(2)19(24)26)13-8-10-23(11-9-13)18(25)20-14-6-7-15(27-3)16(12-14)28-4/h6-7,12-13H,5,8-11H2,1-4H3,(H,20,25). The second kappa shape index (κ2) is 8.37. The van der Waals surface area contributed by atoms with Crippen LogP contribution in [0.15, 0.2) is 23.0 Å². The van der Waals surface area contributed by atoms with Gasteiger partial charge in [-0.3, -0.25) is 4.57 Å². The number of piperidine rings is 1. The van der Waals surface area contributed by atoms with Crippen LogP contribution in [0, 0.1) is 0 Å². The summed E-state index contributed by atoms with van der Waals surface area (Å²) in [4.78, 5) is 26.5. The molecule has 0 unspecified atom stereocenters. The van der Waals surface area contributed by atoms with Gasteiger partial charge in [0.05, 0.1) is 14.2 Å². The van der Waals surface area contributed by atoms with Crippen LogP contribution in [0.4, 0.5) is 10.5 Å². The lowest BCUT2D eigenvalue weighted by atomic mass is 9.96. The molecule has 0 bridgehead atoms. The molecule has 2 aromatic rings. The number of likely N-dealkylation sites (tertiary alicyclic amines) is 1. The van der Waals surface area contributed by atoms with E-state index >= 15 is 0 Å². The number of hydrogen-bond acceptors (Lipinski definition) is 5. The molecule has 1 saturated heterocycles. The number of urea groups is 1. The number of nitrogens with zero attached hydrogens (tertiary/aromatic N) is 4. The molecule has 0 saturated carbocycles. The number of carbonyl (C=O) groups excluding carboxylic acids is 1. The Bertz CT molecular complexity index is 896. The van der Waals surface area contributed by atoms with E-state index in [2.05, 4.69) is 10.4 Å². The van der Waals surface area contributed by atoms with Gasteiger partial charge < -0.3 is 19.7 Å². The van der Waals surface area contributed by atoms with Crippen molar-refractivity contribution in [1.29, 1.82) is 0 Å². The lowest BCUT2D eigenvalue weighted by Crippen LogP contribution is -2.41. The summed E-state index contributed by atoms with van der Waals surface area (Å²) in [7, 11) is 4.80. The second-order valence-electron chi connectivity index (χ2n) is 6.77. The third kappa shape index (κ3) is 3.83. The van der Waals surface area contributed by atoms with Crippen molar-refractivity contribution in [2.24, 2.45) is 7.05 Å². The highest BCUT2D eigenvalue weighted by Gasteiger charge is 2.28. The molecular weight excluding hydrogens is 362 g/mol. The summed E-state index contributed by atoms with van der Waals surface area (Å²) in [5.41, 5.74) is 0.556. The topological polar surface area (TPSA) is 90.6 Å². The van der Waals surface area contributed by atoms with Gasteiger partial charge in [0.25, 0.3) is 0 Å². The van der Waals surface area contributed by atoms with E-state index in [1.54, 1.807) is 48.9 Å². The summed E-state index contributed by atoms with van der Waals surface area (Å²) >= 11 is 0. The highest BCUT2D eigenvalue weighted by atomic mass is 16.5. The van der Waals surface area contributed by atoms with Gasteiger partial charge in [-0.05, 0) is 31.9 Å². The quantitative estimate of drug-likeness (QED) is 0.845. The van der Waals surface area contributed by atoms with Crippen LogP contribution in [0.2, 0.25) is 0 Å². The van der Waals surface area contributed by atoms with Crippen molar-refractivity contribution in [2.75, 3.05) is 32.6 Å². The van der Waals surface area contributed by atoms with Gasteiger partial charge in [-0.15, -0.1) is 0 Å². The van der Waals surface area contributed by atoms with Crippen LogP contribution in [0.5, 0.6) is 11.5 Å². The second-order valence-corrected chi connectivity index (χ2v) is 6.77. The van der Waals surface area contributed by atoms with Crippen LogP contribution in [0.25, 0.3) is 0 Å². The maximum absolute atomic E-state index is 12.6. The summed E-state index contributed by atoms with van der Waals surface area (Å²) in [6.45, 7) is 3.76. The van der Waals surface area contributed by atoms with E-state index in [0.29, 0.717) is 36.8 Å². The minimum absolute atomic E-state index is 0.0916. The normalized spacial score (nSPS) is 14.8. The van der Waals surface area contributed by atoms with E-state index in [4.69, 9.17) is 9.47 Å². The number of aromatic nitrogens is 3. The van der Waals surface area contributed by atoms with Gasteiger partial charge in [-0.25, -0.2) is 14.3 Å². The van der Waals surface area contributed by atoms with Gasteiger partial charge in [0.2, 0.25) is 0 Å². The minimum Gasteiger partial charge on any atom is -0.493 e. The number of methoxy groups -OCH3 is 2. The molecule has 2 heterocycles. The molecule has 9 heteroatoms. The van der Waals surface area contributed by atoms with Gasteiger partial charge in [0, 0.05) is 44.4 Å². The number of ether oxygens (including phenoxy) is 2. The smallest absolute Gasteiger partial charge is 0.345 e. The lowest BCUT2D eigenvalue weighted by molar-refractivity contribution is 0.192. The van der Waals surface area contributed by atoms with Gasteiger partial charge in [-0.2, -0.15) is 5.10 Å². The molecule has 0 aliphatic carbocycles. The monoisotopic (exact) mass is 389 g/mol.